The van der Waals surface area contributed by atoms with E-state index in [0.717, 1.165) is 5.56 Å². The van der Waals surface area contributed by atoms with Crippen molar-refractivity contribution < 1.29 is 14.7 Å². The second-order valence-corrected chi connectivity index (χ2v) is 4.30. The van der Waals surface area contributed by atoms with Gasteiger partial charge < -0.3 is 10.4 Å². The molecular weight excluding hydrogens is 220 g/mol. The Morgan fingerprint density at radius 2 is 2.24 bits per heavy atom. The van der Waals surface area contributed by atoms with Crippen LogP contribution in [0.2, 0.25) is 0 Å². The molecule has 1 heterocycles. The molecule has 0 saturated heterocycles. The molecule has 2 rings (SSSR count). The summed E-state index contributed by atoms with van der Waals surface area (Å²) in [6, 6.07) is 3.71. The Kier molecular flexibility index (Phi) is 3.08. The van der Waals surface area contributed by atoms with Crippen LogP contribution in [0.4, 0.5) is 0 Å². The average Bonchev–Trinajstić information content (AvgIpc) is 3.09. The summed E-state index contributed by atoms with van der Waals surface area (Å²) < 4.78 is 0. The van der Waals surface area contributed by atoms with E-state index in [2.05, 4.69) is 10.3 Å². The van der Waals surface area contributed by atoms with Gasteiger partial charge in [0.2, 0.25) is 5.91 Å². The van der Waals surface area contributed by atoms with E-state index >= 15 is 0 Å². The Morgan fingerprint density at radius 3 is 2.76 bits per heavy atom. The van der Waals surface area contributed by atoms with E-state index in [1.165, 1.54) is 0 Å². The van der Waals surface area contributed by atoms with Crippen LogP contribution in [0.5, 0.6) is 0 Å². The maximum absolute atomic E-state index is 11.6. The van der Waals surface area contributed by atoms with Crippen LogP contribution in [0.3, 0.4) is 0 Å². The number of pyridine rings is 1. The number of carboxylic acid groups (broad SMARTS) is 1. The zero-order valence-corrected chi connectivity index (χ0v) is 9.35. The minimum atomic E-state index is -0.980. The second kappa shape index (κ2) is 4.53. The van der Waals surface area contributed by atoms with Crippen LogP contribution in [0.15, 0.2) is 24.5 Å². The number of aryl methyl sites for hydroxylation is 1. The SMILES string of the molecule is O=C(CCc1cccnc1)NC1(C(=O)O)CC1. The van der Waals surface area contributed by atoms with Gasteiger partial charge in [0.05, 0.1) is 0 Å². The molecule has 0 aliphatic heterocycles. The molecule has 5 heteroatoms. The number of amides is 1. The molecule has 1 aromatic rings. The summed E-state index contributed by atoms with van der Waals surface area (Å²) in [4.78, 5) is 26.4. The van der Waals surface area contributed by atoms with Crippen LogP contribution in [-0.4, -0.2) is 27.5 Å². The molecule has 1 amide bonds. The average molecular weight is 234 g/mol. The molecule has 1 aromatic heterocycles. The van der Waals surface area contributed by atoms with Gasteiger partial charge in [-0.25, -0.2) is 4.79 Å². The van der Waals surface area contributed by atoms with Gasteiger partial charge in [-0.05, 0) is 30.9 Å². The van der Waals surface area contributed by atoms with Gasteiger partial charge in [0.15, 0.2) is 0 Å². The van der Waals surface area contributed by atoms with E-state index in [1.807, 2.05) is 12.1 Å². The van der Waals surface area contributed by atoms with E-state index in [1.54, 1.807) is 12.4 Å². The number of aliphatic carboxylic acids is 1. The number of nitrogens with one attached hydrogen (secondary N) is 1. The highest BCUT2D eigenvalue weighted by Crippen LogP contribution is 2.35. The number of carbonyl (C=O) groups excluding carboxylic acids is 1. The molecule has 0 atom stereocenters. The first-order chi connectivity index (χ1) is 8.12. The molecular formula is C12H14N2O3. The summed E-state index contributed by atoms with van der Waals surface area (Å²) >= 11 is 0. The first kappa shape index (κ1) is 11.6. The Morgan fingerprint density at radius 1 is 1.47 bits per heavy atom. The third-order valence-corrected chi connectivity index (χ3v) is 2.90. The van der Waals surface area contributed by atoms with Crippen molar-refractivity contribution >= 4 is 11.9 Å². The van der Waals surface area contributed by atoms with Crippen molar-refractivity contribution in [2.45, 2.75) is 31.2 Å². The van der Waals surface area contributed by atoms with Gasteiger partial charge >= 0.3 is 5.97 Å². The Balaban J connectivity index is 1.81. The zero-order valence-electron chi connectivity index (χ0n) is 9.35. The highest BCUT2D eigenvalue weighted by Gasteiger charge is 2.51. The first-order valence-electron chi connectivity index (χ1n) is 5.56. The lowest BCUT2D eigenvalue weighted by atomic mass is 10.1. The normalized spacial score (nSPS) is 16.2. The van der Waals surface area contributed by atoms with E-state index in [0.29, 0.717) is 25.7 Å². The molecule has 0 radical (unpaired) electrons. The van der Waals surface area contributed by atoms with Gasteiger partial charge in [-0.15, -0.1) is 0 Å². The van der Waals surface area contributed by atoms with Crippen LogP contribution in [0.25, 0.3) is 0 Å². The third kappa shape index (κ3) is 2.81. The molecule has 2 N–H and O–H groups in total. The van der Waals surface area contributed by atoms with Crippen LogP contribution in [0.1, 0.15) is 24.8 Å². The summed E-state index contributed by atoms with van der Waals surface area (Å²) in [5.74, 6) is -1.15. The molecule has 0 aromatic carbocycles. The Labute approximate surface area is 98.9 Å². The molecule has 0 bridgehead atoms. The monoisotopic (exact) mass is 234 g/mol. The van der Waals surface area contributed by atoms with Gasteiger partial charge in [0.25, 0.3) is 0 Å². The molecule has 0 spiro atoms. The van der Waals surface area contributed by atoms with E-state index < -0.39 is 11.5 Å². The summed E-state index contributed by atoms with van der Waals surface area (Å²) in [6.45, 7) is 0. The standard InChI is InChI=1S/C12H14N2O3/c15-10(14-12(5-6-12)11(16)17)4-3-9-2-1-7-13-8-9/h1-2,7-8H,3-6H2,(H,14,15)(H,16,17). The van der Waals surface area contributed by atoms with Crippen molar-refractivity contribution in [3.63, 3.8) is 0 Å². The minimum absolute atomic E-state index is 0.214. The molecule has 0 unspecified atom stereocenters. The quantitative estimate of drug-likeness (QED) is 0.787. The Bertz CT molecular complexity index is 427. The fourth-order valence-corrected chi connectivity index (χ4v) is 1.65. The molecule has 1 aliphatic carbocycles. The van der Waals surface area contributed by atoms with Crippen LogP contribution >= 0.6 is 0 Å². The molecule has 90 valence electrons. The van der Waals surface area contributed by atoms with Crippen molar-refractivity contribution in [2.75, 3.05) is 0 Å². The largest absolute Gasteiger partial charge is 0.480 e. The summed E-state index contributed by atoms with van der Waals surface area (Å²) in [5.41, 5.74) is -0.00530. The highest BCUT2D eigenvalue weighted by atomic mass is 16.4. The number of carbonyl (C=O) groups is 2. The van der Waals surface area contributed by atoms with Gasteiger partial charge in [-0.1, -0.05) is 6.07 Å². The van der Waals surface area contributed by atoms with Crippen LogP contribution in [-0.2, 0) is 16.0 Å². The fraction of sp³-hybridized carbons (Fsp3) is 0.417. The predicted octanol–water partition coefficient (Wildman–Crippen LogP) is 0.748. The lowest BCUT2D eigenvalue weighted by Gasteiger charge is -2.12. The fourth-order valence-electron chi connectivity index (χ4n) is 1.65. The second-order valence-electron chi connectivity index (χ2n) is 4.30. The maximum Gasteiger partial charge on any atom is 0.329 e. The van der Waals surface area contributed by atoms with Crippen LogP contribution in [0, 0.1) is 0 Å². The van der Waals surface area contributed by atoms with E-state index in [4.69, 9.17) is 5.11 Å². The molecule has 1 saturated carbocycles. The molecule has 5 nitrogen and oxygen atoms in total. The topological polar surface area (TPSA) is 79.3 Å². The first-order valence-corrected chi connectivity index (χ1v) is 5.56. The highest BCUT2D eigenvalue weighted by molar-refractivity contribution is 5.89. The molecule has 17 heavy (non-hydrogen) atoms. The molecule has 1 fully saturated rings. The van der Waals surface area contributed by atoms with Crippen molar-refractivity contribution in [3.05, 3.63) is 30.1 Å². The van der Waals surface area contributed by atoms with E-state index in [9.17, 15) is 9.59 Å². The van der Waals surface area contributed by atoms with Crippen molar-refractivity contribution in [3.8, 4) is 0 Å². The van der Waals surface area contributed by atoms with Gasteiger partial charge in [0, 0.05) is 18.8 Å². The summed E-state index contributed by atoms with van der Waals surface area (Å²) in [5, 5.41) is 11.5. The lowest BCUT2D eigenvalue weighted by Crippen LogP contribution is -2.43. The number of aromatic nitrogens is 1. The molecule has 1 aliphatic rings. The number of hydrogen-bond acceptors (Lipinski definition) is 3. The maximum atomic E-state index is 11.6. The van der Waals surface area contributed by atoms with Crippen molar-refractivity contribution in [2.24, 2.45) is 0 Å². The number of rotatable bonds is 5. The number of nitrogens with zero attached hydrogens (tertiary/aromatic N) is 1. The van der Waals surface area contributed by atoms with Gasteiger partial charge in [-0.3, -0.25) is 9.78 Å². The zero-order chi connectivity index (χ0) is 12.3. The van der Waals surface area contributed by atoms with E-state index in [-0.39, 0.29) is 5.91 Å². The third-order valence-electron chi connectivity index (χ3n) is 2.90. The number of hydrogen-bond donors (Lipinski definition) is 2. The van der Waals surface area contributed by atoms with Gasteiger partial charge in [-0.2, -0.15) is 0 Å². The van der Waals surface area contributed by atoms with Crippen molar-refractivity contribution in [1.29, 1.82) is 0 Å². The number of carboxylic acids is 1. The smallest absolute Gasteiger partial charge is 0.329 e. The lowest BCUT2D eigenvalue weighted by molar-refractivity contribution is -0.143. The van der Waals surface area contributed by atoms with Crippen LogP contribution < -0.4 is 5.32 Å². The van der Waals surface area contributed by atoms with Crippen molar-refractivity contribution in [1.82, 2.24) is 10.3 Å². The van der Waals surface area contributed by atoms with Gasteiger partial charge in [0.1, 0.15) is 5.54 Å². The predicted molar refractivity (Wildman–Crippen MR) is 60.3 cm³/mol. The summed E-state index contributed by atoms with van der Waals surface area (Å²) in [7, 11) is 0. The minimum Gasteiger partial charge on any atom is -0.480 e. The Hall–Kier alpha value is -1.91. The summed E-state index contributed by atoms with van der Waals surface area (Å²) in [6.07, 6.45) is 5.31.